The summed E-state index contributed by atoms with van der Waals surface area (Å²) in [4.78, 5) is 0. The molecule has 0 aliphatic heterocycles. The van der Waals surface area contributed by atoms with Crippen molar-refractivity contribution in [1.82, 2.24) is 0 Å². The van der Waals surface area contributed by atoms with Crippen LogP contribution in [0, 0.1) is 11.3 Å². The highest BCUT2D eigenvalue weighted by atomic mass is 16.5. The van der Waals surface area contributed by atoms with Crippen molar-refractivity contribution in [3.05, 3.63) is 22.6 Å². The molecule has 0 bridgehead atoms. The molecule has 0 amide bonds. The van der Waals surface area contributed by atoms with Crippen LogP contribution in [0.2, 0.25) is 0 Å². The van der Waals surface area contributed by atoms with Crippen LogP contribution in [0.1, 0.15) is 0 Å². The molecule has 0 aromatic heterocycles. The van der Waals surface area contributed by atoms with Gasteiger partial charge in [-0.25, -0.2) is 0 Å². The van der Waals surface area contributed by atoms with Gasteiger partial charge in [-0.15, -0.1) is 0 Å². The van der Waals surface area contributed by atoms with Crippen LogP contribution in [0.25, 0.3) is 11.6 Å². The molecule has 0 atom stereocenters. The lowest BCUT2D eigenvalue weighted by Gasteiger charge is -2.10. The van der Waals surface area contributed by atoms with Gasteiger partial charge >= 0.3 is 0 Å². The number of nitrogens with zero attached hydrogens (tertiary/aromatic N) is 1. The molecule has 2 rings (SSSR count). The average molecular weight is 187 g/mol. The smallest absolute Gasteiger partial charge is 0.161 e. The molecule has 0 saturated heterocycles. The first kappa shape index (κ1) is 8.64. The van der Waals surface area contributed by atoms with Crippen molar-refractivity contribution in [2.45, 2.75) is 0 Å². The number of fused-ring (bicyclic) bond motifs is 1. The average Bonchev–Trinajstić information content (AvgIpc) is 2.20. The van der Waals surface area contributed by atoms with E-state index >= 15 is 0 Å². The molecule has 0 unspecified atom stereocenters. The van der Waals surface area contributed by atoms with Crippen molar-refractivity contribution >= 4 is 11.6 Å². The fraction of sp³-hybridized carbons (Fsp3) is 0.182. The minimum atomic E-state index is 0.659. The van der Waals surface area contributed by atoms with E-state index in [0.29, 0.717) is 17.1 Å². The van der Waals surface area contributed by atoms with Gasteiger partial charge in [-0.2, -0.15) is 5.26 Å². The van der Waals surface area contributed by atoms with E-state index < -0.39 is 0 Å². The van der Waals surface area contributed by atoms with Gasteiger partial charge in [0.15, 0.2) is 11.5 Å². The summed E-state index contributed by atoms with van der Waals surface area (Å²) in [6.07, 6.45) is 1.83. The fourth-order valence-corrected chi connectivity index (χ4v) is 1.50. The highest BCUT2D eigenvalue weighted by molar-refractivity contribution is 5.91. The minimum absolute atomic E-state index is 0.659. The minimum Gasteiger partial charge on any atom is -0.493 e. The zero-order valence-corrected chi connectivity index (χ0v) is 8.00. The Balaban J connectivity index is 2.68. The van der Waals surface area contributed by atoms with Crippen molar-refractivity contribution in [3.63, 3.8) is 0 Å². The fourth-order valence-electron chi connectivity index (χ4n) is 1.50. The first-order valence-electron chi connectivity index (χ1n) is 4.18. The Bertz CT molecular complexity index is 538. The van der Waals surface area contributed by atoms with Crippen LogP contribution in [0.3, 0.4) is 0 Å². The first-order valence-corrected chi connectivity index (χ1v) is 4.18. The summed E-state index contributed by atoms with van der Waals surface area (Å²) in [6.45, 7) is 0. The Hall–Kier alpha value is -1.95. The van der Waals surface area contributed by atoms with Gasteiger partial charge in [0, 0.05) is 5.22 Å². The van der Waals surface area contributed by atoms with Gasteiger partial charge in [0.1, 0.15) is 0 Å². The molecular formula is C11H9NO2. The van der Waals surface area contributed by atoms with Gasteiger partial charge in [-0.3, -0.25) is 0 Å². The summed E-state index contributed by atoms with van der Waals surface area (Å²) >= 11 is 0. The molecule has 70 valence electrons. The summed E-state index contributed by atoms with van der Waals surface area (Å²) in [7, 11) is 3.18. The standard InChI is InChI=1S/C11H9NO2/c1-13-10-4-7-3-8(6-12)9(7)5-11(10)14-2/h3-5H,1-2H3. The van der Waals surface area contributed by atoms with Crippen LogP contribution in [0.4, 0.5) is 0 Å². The first-order chi connectivity index (χ1) is 6.80. The highest BCUT2D eigenvalue weighted by Gasteiger charge is 2.10. The van der Waals surface area contributed by atoms with Gasteiger partial charge in [-0.1, -0.05) is 0 Å². The predicted octanol–water partition coefficient (Wildman–Crippen LogP) is 0.172. The number of hydrogen-bond acceptors (Lipinski definition) is 3. The van der Waals surface area contributed by atoms with Crippen molar-refractivity contribution in [2.24, 2.45) is 0 Å². The number of hydrogen-bond donors (Lipinski definition) is 0. The molecule has 0 radical (unpaired) electrons. The number of methoxy groups -OCH3 is 2. The van der Waals surface area contributed by atoms with Gasteiger partial charge in [0.05, 0.1) is 25.9 Å². The van der Waals surface area contributed by atoms with Crippen LogP contribution in [0.15, 0.2) is 12.1 Å². The molecule has 1 aliphatic carbocycles. The third kappa shape index (κ3) is 1.05. The highest BCUT2D eigenvalue weighted by Crippen LogP contribution is 2.23. The molecule has 3 heteroatoms. The van der Waals surface area contributed by atoms with Crippen LogP contribution >= 0.6 is 0 Å². The van der Waals surface area contributed by atoms with Crippen LogP contribution in [-0.4, -0.2) is 14.2 Å². The van der Waals surface area contributed by atoms with E-state index in [2.05, 4.69) is 6.07 Å². The number of ether oxygens (including phenoxy) is 2. The van der Waals surface area contributed by atoms with Gasteiger partial charge < -0.3 is 9.47 Å². The normalized spacial score (nSPS) is 11.9. The third-order valence-electron chi connectivity index (χ3n) is 2.27. The second-order valence-corrected chi connectivity index (χ2v) is 2.96. The Labute approximate surface area is 81.5 Å². The lowest BCUT2D eigenvalue weighted by Crippen LogP contribution is -2.33. The Morgan fingerprint density at radius 3 is 2.36 bits per heavy atom. The third-order valence-corrected chi connectivity index (χ3v) is 2.27. The second kappa shape index (κ2) is 3.08. The van der Waals surface area contributed by atoms with Gasteiger partial charge in [0.2, 0.25) is 0 Å². The van der Waals surface area contributed by atoms with E-state index in [1.54, 1.807) is 14.2 Å². The lowest BCUT2D eigenvalue weighted by molar-refractivity contribution is 0.354. The lowest BCUT2D eigenvalue weighted by atomic mass is 10.0. The quantitative estimate of drug-likeness (QED) is 0.663. The van der Waals surface area contributed by atoms with Crippen LogP contribution in [0.5, 0.6) is 11.5 Å². The van der Waals surface area contributed by atoms with Crippen molar-refractivity contribution in [3.8, 4) is 17.6 Å². The molecule has 0 N–H and O–H groups in total. The largest absolute Gasteiger partial charge is 0.493 e. The summed E-state index contributed by atoms with van der Waals surface area (Å²) in [5, 5.41) is 10.7. The number of benzene rings is 1. The SMILES string of the molecule is COc1cc2c(cc1OC)=C(C#N)C=2. The maximum Gasteiger partial charge on any atom is 0.161 e. The molecule has 14 heavy (non-hydrogen) atoms. The summed E-state index contributed by atoms with van der Waals surface area (Å²) < 4.78 is 10.3. The van der Waals surface area contributed by atoms with E-state index in [1.165, 1.54) is 0 Å². The monoisotopic (exact) mass is 187 g/mol. The molecule has 0 heterocycles. The summed E-state index contributed by atoms with van der Waals surface area (Å²) in [5.74, 6) is 1.35. The molecule has 0 saturated carbocycles. The topological polar surface area (TPSA) is 42.2 Å². The van der Waals surface area contributed by atoms with Crippen molar-refractivity contribution < 1.29 is 9.47 Å². The molecule has 1 aromatic carbocycles. The van der Waals surface area contributed by atoms with E-state index in [9.17, 15) is 0 Å². The van der Waals surface area contributed by atoms with E-state index in [4.69, 9.17) is 14.7 Å². The van der Waals surface area contributed by atoms with E-state index in [1.807, 2.05) is 18.2 Å². The second-order valence-electron chi connectivity index (χ2n) is 2.96. The zero-order valence-electron chi connectivity index (χ0n) is 8.00. The molecule has 0 spiro atoms. The molecule has 1 aliphatic rings. The van der Waals surface area contributed by atoms with E-state index in [0.717, 1.165) is 10.4 Å². The molecule has 1 aromatic rings. The van der Waals surface area contributed by atoms with Crippen LogP contribution in [-0.2, 0) is 0 Å². The Kier molecular flexibility index (Phi) is 1.90. The molecule has 3 nitrogen and oxygen atoms in total. The van der Waals surface area contributed by atoms with Gasteiger partial charge in [0.25, 0.3) is 0 Å². The van der Waals surface area contributed by atoms with E-state index in [-0.39, 0.29) is 0 Å². The predicted molar refractivity (Wildman–Crippen MR) is 52.3 cm³/mol. The van der Waals surface area contributed by atoms with Gasteiger partial charge in [-0.05, 0) is 23.4 Å². The number of rotatable bonds is 2. The summed E-state index contributed by atoms with van der Waals surface area (Å²) in [6, 6.07) is 5.81. The maximum absolute atomic E-state index is 8.73. The zero-order chi connectivity index (χ0) is 10.1. The van der Waals surface area contributed by atoms with Crippen molar-refractivity contribution in [2.75, 3.05) is 14.2 Å². The maximum atomic E-state index is 8.73. The Morgan fingerprint density at radius 1 is 1.14 bits per heavy atom. The Morgan fingerprint density at radius 2 is 1.79 bits per heavy atom. The molecular weight excluding hydrogens is 178 g/mol. The van der Waals surface area contributed by atoms with Crippen LogP contribution < -0.4 is 19.9 Å². The summed E-state index contributed by atoms with van der Waals surface area (Å²) in [5.41, 5.74) is 0.695. The van der Waals surface area contributed by atoms with Crippen molar-refractivity contribution in [1.29, 1.82) is 5.26 Å². The number of nitriles is 1. The molecule has 0 fully saturated rings.